The van der Waals surface area contributed by atoms with Gasteiger partial charge in [0.25, 0.3) is 0 Å². The topological polar surface area (TPSA) is 83.5 Å². The first-order valence-corrected chi connectivity index (χ1v) is 8.10. The van der Waals surface area contributed by atoms with Gasteiger partial charge in [0.05, 0.1) is 22.0 Å². The molecule has 0 saturated heterocycles. The van der Waals surface area contributed by atoms with Crippen molar-refractivity contribution in [1.29, 1.82) is 0 Å². The highest BCUT2D eigenvalue weighted by molar-refractivity contribution is 7.91. The first-order chi connectivity index (χ1) is 8.76. The fraction of sp³-hybridized carbons (Fsp3) is 0.300. The smallest absolute Gasteiger partial charge is 0.337 e. The fourth-order valence-electron chi connectivity index (χ4n) is 1.25. The number of rotatable bonds is 6. The molecule has 0 aliphatic heterocycles. The Morgan fingerprint density at radius 2 is 1.95 bits per heavy atom. The number of alkyl halides is 1. The Bertz CT molecular complexity index is 589. The lowest BCUT2D eigenvalue weighted by molar-refractivity contribution is 0.0697. The third kappa shape index (κ3) is 4.72. The maximum Gasteiger partial charge on any atom is 0.337 e. The molecule has 0 aromatic heterocycles. The van der Waals surface area contributed by atoms with Gasteiger partial charge in [-0.2, -0.15) is 0 Å². The zero-order valence-electron chi connectivity index (χ0n) is 9.49. The zero-order valence-corrected chi connectivity index (χ0v) is 12.6. The van der Waals surface area contributed by atoms with Crippen LogP contribution in [0.3, 0.4) is 0 Å². The SMILES string of the molecule is O=C(O)c1cc(Cl)cc(NCS(=O)(=O)CCCl)c1Cl. The number of halogens is 3. The van der Waals surface area contributed by atoms with Gasteiger partial charge in [0.2, 0.25) is 0 Å². The number of carbonyl (C=O) groups is 1. The molecule has 0 unspecified atom stereocenters. The Kier molecular flexibility index (Phi) is 5.73. The monoisotopic (exact) mass is 345 g/mol. The average molecular weight is 347 g/mol. The third-order valence-electron chi connectivity index (χ3n) is 2.14. The number of benzene rings is 1. The minimum absolute atomic E-state index is 0.0202. The predicted molar refractivity (Wildman–Crippen MR) is 76.4 cm³/mol. The lowest BCUT2D eigenvalue weighted by atomic mass is 10.2. The molecule has 5 nitrogen and oxygen atoms in total. The molecule has 0 spiro atoms. The molecule has 0 fully saturated rings. The maximum atomic E-state index is 11.5. The summed E-state index contributed by atoms with van der Waals surface area (Å²) in [7, 11) is -3.38. The second-order valence-electron chi connectivity index (χ2n) is 3.58. The van der Waals surface area contributed by atoms with Crippen molar-refractivity contribution in [3.05, 3.63) is 27.7 Å². The number of hydrogen-bond acceptors (Lipinski definition) is 4. The van der Waals surface area contributed by atoms with Crippen molar-refractivity contribution in [3.63, 3.8) is 0 Å². The summed E-state index contributed by atoms with van der Waals surface area (Å²) in [6.45, 7) is 0. The van der Waals surface area contributed by atoms with Crippen LogP contribution in [0.4, 0.5) is 5.69 Å². The van der Waals surface area contributed by atoms with Gasteiger partial charge in [-0.05, 0) is 12.1 Å². The minimum Gasteiger partial charge on any atom is -0.478 e. The molecule has 1 aromatic rings. The summed E-state index contributed by atoms with van der Waals surface area (Å²) in [5, 5.41) is 11.5. The summed E-state index contributed by atoms with van der Waals surface area (Å²) in [5.41, 5.74) is -0.0591. The highest BCUT2D eigenvalue weighted by atomic mass is 35.5. The third-order valence-corrected chi connectivity index (χ3v) is 4.59. The van der Waals surface area contributed by atoms with E-state index in [4.69, 9.17) is 39.9 Å². The number of sulfone groups is 1. The highest BCUT2D eigenvalue weighted by Crippen LogP contribution is 2.30. The van der Waals surface area contributed by atoms with Gasteiger partial charge in [-0.1, -0.05) is 23.2 Å². The second kappa shape index (κ2) is 6.65. The summed E-state index contributed by atoms with van der Waals surface area (Å²) in [6, 6.07) is 2.54. The van der Waals surface area contributed by atoms with Crippen LogP contribution in [-0.4, -0.2) is 37.0 Å². The molecule has 0 aliphatic rings. The Labute approximate surface area is 125 Å². The van der Waals surface area contributed by atoms with Crippen molar-refractivity contribution in [2.75, 3.05) is 22.8 Å². The van der Waals surface area contributed by atoms with Crippen LogP contribution in [0.2, 0.25) is 10.0 Å². The normalized spacial score (nSPS) is 11.3. The number of hydrogen-bond donors (Lipinski definition) is 2. The molecule has 2 N–H and O–H groups in total. The van der Waals surface area contributed by atoms with E-state index in [1.807, 2.05) is 0 Å². The molecule has 0 amide bonds. The average Bonchev–Trinajstić information content (AvgIpc) is 2.29. The fourth-order valence-corrected chi connectivity index (χ4v) is 3.19. The van der Waals surface area contributed by atoms with E-state index in [0.717, 1.165) is 0 Å². The van der Waals surface area contributed by atoms with Crippen LogP contribution in [0.15, 0.2) is 12.1 Å². The minimum atomic E-state index is -3.38. The number of anilines is 1. The van der Waals surface area contributed by atoms with E-state index in [1.165, 1.54) is 12.1 Å². The largest absolute Gasteiger partial charge is 0.478 e. The van der Waals surface area contributed by atoms with E-state index >= 15 is 0 Å². The first kappa shape index (κ1) is 16.4. The molecule has 0 saturated carbocycles. The van der Waals surface area contributed by atoms with Crippen LogP contribution in [0.25, 0.3) is 0 Å². The van der Waals surface area contributed by atoms with Crippen LogP contribution in [0, 0.1) is 0 Å². The molecule has 0 radical (unpaired) electrons. The van der Waals surface area contributed by atoms with Crippen molar-refractivity contribution in [3.8, 4) is 0 Å². The molecule has 19 heavy (non-hydrogen) atoms. The summed E-state index contributed by atoms with van der Waals surface area (Å²) in [5.74, 6) is -1.86. The molecule has 0 heterocycles. The van der Waals surface area contributed by atoms with Crippen LogP contribution in [-0.2, 0) is 9.84 Å². The molecular formula is C10H10Cl3NO4S. The van der Waals surface area contributed by atoms with E-state index in [1.54, 1.807) is 0 Å². The lowest BCUT2D eigenvalue weighted by Gasteiger charge is -2.11. The molecule has 0 bridgehead atoms. The molecule has 1 aromatic carbocycles. The van der Waals surface area contributed by atoms with Gasteiger partial charge in [-0.15, -0.1) is 11.6 Å². The van der Waals surface area contributed by atoms with Gasteiger partial charge in [0.15, 0.2) is 9.84 Å². The zero-order chi connectivity index (χ0) is 14.6. The van der Waals surface area contributed by atoms with Gasteiger partial charge in [0.1, 0.15) is 5.88 Å². The van der Waals surface area contributed by atoms with Crippen LogP contribution in [0.1, 0.15) is 10.4 Å². The number of carboxylic acid groups (broad SMARTS) is 1. The Hall–Kier alpha value is -0.690. The van der Waals surface area contributed by atoms with E-state index in [0.29, 0.717) is 0 Å². The number of nitrogens with one attached hydrogen (secondary N) is 1. The summed E-state index contributed by atoms with van der Waals surface area (Å²) in [6.07, 6.45) is 0. The van der Waals surface area contributed by atoms with Crippen molar-refractivity contribution in [1.82, 2.24) is 0 Å². The van der Waals surface area contributed by atoms with E-state index in [2.05, 4.69) is 5.32 Å². The number of carboxylic acids is 1. The molecule has 0 aliphatic carbocycles. The van der Waals surface area contributed by atoms with Crippen molar-refractivity contribution < 1.29 is 18.3 Å². The summed E-state index contributed by atoms with van der Waals surface area (Å²) < 4.78 is 23.0. The molecule has 1 rings (SSSR count). The van der Waals surface area contributed by atoms with E-state index < -0.39 is 21.7 Å². The van der Waals surface area contributed by atoms with Crippen molar-refractivity contribution >= 4 is 56.3 Å². The molecule has 106 valence electrons. The van der Waals surface area contributed by atoms with Gasteiger partial charge in [-0.3, -0.25) is 0 Å². The van der Waals surface area contributed by atoms with Gasteiger partial charge in [-0.25, -0.2) is 13.2 Å². The Morgan fingerprint density at radius 1 is 1.32 bits per heavy atom. The molecular weight excluding hydrogens is 337 g/mol. The van der Waals surface area contributed by atoms with E-state index in [9.17, 15) is 13.2 Å². The predicted octanol–water partition coefficient (Wildman–Crippen LogP) is 2.71. The standard InChI is InChI=1S/C10H10Cl3NO4S/c11-1-2-19(17,18)5-14-8-4-6(12)3-7(9(8)13)10(15)16/h3-4,14H,1-2,5H2,(H,15,16). The van der Waals surface area contributed by atoms with Crippen LogP contribution < -0.4 is 5.32 Å². The van der Waals surface area contributed by atoms with E-state index in [-0.39, 0.29) is 32.9 Å². The number of aromatic carboxylic acids is 1. The van der Waals surface area contributed by atoms with Gasteiger partial charge < -0.3 is 10.4 Å². The first-order valence-electron chi connectivity index (χ1n) is 4.99. The Balaban J connectivity index is 2.99. The van der Waals surface area contributed by atoms with Crippen molar-refractivity contribution in [2.45, 2.75) is 0 Å². The Morgan fingerprint density at radius 3 is 2.47 bits per heavy atom. The van der Waals surface area contributed by atoms with Crippen molar-refractivity contribution in [2.24, 2.45) is 0 Å². The summed E-state index contributed by atoms with van der Waals surface area (Å²) in [4.78, 5) is 10.9. The maximum absolute atomic E-state index is 11.5. The van der Waals surface area contributed by atoms with Gasteiger partial charge >= 0.3 is 5.97 Å². The van der Waals surface area contributed by atoms with Gasteiger partial charge in [0, 0.05) is 10.9 Å². The van der Waals surface area contributed by atoms with Crippen LogP contribution in [0.5, 0.6) is 0 Å². The summed E-state index contributed by atoms with van der Waals surface area (Å²) >= 11 is 17.0. The second-order valence-corrected chi connectivity index (χ2v) is 6.95. The quantitative estimate of drug-likeness (QED) is 0.774. The molecule has 0 atom stereocenters. The lowest BCUT2D eigenvalue weighted by Crippen LogP contribution is -2.19. The highest BCUT2D eigenvalue weighted by Gasteiger charge is 2.16. The molecule has 9 heteroatoms. The van der Waals surface area contributed by atoms with Crippen LogP contribution >= 0.6 is 34.8 Å².